The molecule has 2 aromatic carbocycles. The van der Waals surface area contributed by atoms with E-state index in [-0.39, 0.29) is 17.4 Å². The monoisotopic (exact) mass is 439 g/mol. The minimum Gasteiger partial charge on any atom is -0.326 e. The number of hydrogen-bond acceptors (Lipinski definition) is 4. The van der Waals surface area contributed by atoms with E-state index in [1.54, 1.807) is 11.6 Å². The lowest BCUT2D eigenvalue weighted by Crippen LogP contribution is -2.23. The highest BCUT2D eigenvalue weighted by molar-refractivity contribution is 6.27. The van der Waals surface area contributed by atoms with Gasteiger partial charge in [-0.15, -0.1) is 0 Å². The number of anilines is 1. The number of aromatic nitrogens is 2. The number of para-hydroxylation sites is 1. The number of rotatable bonds is 5. The zero-order chi connectivity index (χ0) is 23.5. The second-order valence-electron chi connectivity index (χ2n) is 7.91. The van der Waals surface area contributed by atoms with Crippen LogP contribution in [-0.4, -0.2) is 33.3 Å². The van der Waals surface area contributed by atoms with Crippen LogP contribution in [0.15, 0.2) is 76.7 Å². The molecule has 4 rings (SSSR count). The third-order valence-electron chi connectivity index (χ3n) is 5.68. The van der Waals surface area contributed by atoms with E-state index in [0.29, 0.717) is 18.6 Å². The van der Waals surface area contributed by atoms with Crippen LogP contribution in [-0.2, 0) is 16.0 Å². The number of aryl methyl sites for hydroxylation is 1. The predicted octanol–water partition coefficient (Wildman–Crippen LogP) is 4.50. The smallest absolute Gasteiger partial charge is 0.281 e. The van der Waals surface area contributed by atoms with Crippen LogP contribution < -0.4 is 5.32 Å². The second-order valence-corrected chi connectivity index (χ2v) is 7.91. The van der Waals surface area contributed by atoms with E-state index in [1.165, 1.54) is 0 Å². The summed E-state index contributed by atoms with van der Waals surface area (Å²) in [6, 6.07) is 17.7. The van der Waals surface area contributed by atoms with E-state index >= 15 is 0 Å². The van der Waals surface area contributed by atoms with Gasteiger partial charge in [0.05, 0.1) is 17.0 Å². The number of aliphatic imine (C=N–C) groups is 2. The molecule has 0 fully saturated rings. The highest BCUT2D eigenvalue weighted by Crippen LogP contribution is 2.28. The van der Waals surface area contributed by atoms with E-state index < -0.39 is 5.91 Å². The lowest BCUT2D eigenvalue weighted by Gasteiger charge is -2.12. The molecule has 0 aliphatic carbocycles. The molecule has 7 nitrogen and oxygen atoms in total. The maximum Gasteiger partial charge on any atom is 0.281 e. The van der Waals surface area contributed by atoms with Gasteiger partial charge in [0.1, 0.15) is 0 Å². The highest BCUT2D eigenvalue weighted by Gasteiger charge is 2.22. The molecule has 166 valence electrons. The lowest BCUT2D eigenvalue weighted by atomic mass is 10.0. The van der Waals surface area contributed by atoms with Gasteiger partial charge >= 0.3 is 0 Å². The predicted molar refractivity (Wildman–Crippen MR) is 131 cm³/mol. The molecule has 1 aliphatic heterocycles. The Bertz CT molecular complexity index is 1320. The highest BCUT2D eigenvalue weighted by atomic mass is 16.2. The van der Waals surface area contributed by atoms with Crippen molar-refractivity contribution in [2.24, 2.45) is 9.98 Å². The third-order valence-corrected chi connectivity index (χ3v) is 5.68. The first-order chi connectivity index (χ1) is 15.8. The number of nitrogens with one attached hydrogen (secondary N) is 1. The summed E-state index contributed by atoms with van der Waals surface area (Å²) < 4.78 is 1.56. The van der Waals surface area contributed by atoms with E-state index in [4.69, 9.17) is 0 Å². The fourth-order valence-corrected chi connectivity index (χ4v) is 3.79. The number of nitrogens with zero attached hydrogens (tertiary/aromatic N) is 4. The van der Waals surface area contributed by atoms with E-state index in [2.05, 4.69) is 27.0 Å². The van der Waals surface area contributed by atoms with Gasteiger partial charge < -0.3 is 5.32 Å². The summed E-state index contributed by atoms with van der Waals surface area (Å²) in [7, 11) is 0. The molecular weight excluding hydrogens is 414 g/mol. The average molecular weight is 440 g/mol. The average Bonchev–Trinajstić information content (AvgIpc) is 3.10. The summed E-state index contributed by atoms with van der Waals surface area (Å²) in [6.07, 6.45) is 0.800. The molecule has 0 atom stereocenters. The fourth-order valence-electron chi connectivity index (χ4n) is 3.79. The number of benzene rings is 2. The number of carbonyl (C=O) groups is 2. The van der Waals surface area contributed by atoms with Crippen LogP contribution in [0.2, 0.25) is 0 Å². The Morgan fingerprint density at radius 3 is 2.42 bits per heavy atom. The summed E-state index contributed by atoms with van der Waals surface area (Å²) in [4.78, 5) is 33.2. The van der Waals surface area contributed by atoms with Crippen LogP contribution in [0.25, 0.3) is 11.1 Å². The number of hydrogen-bond donors (Lipinski definition) is 1. The Morgan fingerprint density at radius 2 is 1.70 bits per heavy atom. The fraction of sp³-hybridized carbons (Fsp3) is 0.192. The Labute approximate surface area is 192 Å². The van der Waals surface area contributed by atoms with Crippen molar-refractivity contribution < 1.29 is 9.59 Å². The van der Waals surface area contributed by atoms with E-state index in [1.807, 2.05) is 68.4 Å². The van der Waals surface area contributed by atoms with Gasteiger partial charge in [-0.1, -0.05) is 55.1 Å². The topological polar surface area (TPSA) is 88.7 Å². The number of carbonyl (C=O) groups excluding carboxylic acids is 2. The molecule has 7 heteroatoms. The SMILES string of the molecule is C=C1C(=O)N=C(n2nc(C)c(CCC(=O)Nc3ccccc3-c3ccccc3)c2C)N=C1C. The van der Waals surface area contributed by atoms with Crippen molar-refractivity contribution in [3.8, 4) is 11.1 Å². The molecule has 0 spiro atoms. The van der Waals surface area contributed by atoms with Crippen molar-refractivity contribution in [2.75, 3.05) is 5.32 Å². The van der Waals surface area contributed by atoms with Crippen molar-refractivity contribution in [2.45, 2.75) is 33.6 Å². The van der Waals surface area contributed by atoms with Gasteiger partial charge in [0, 0.05) is 23.4 Å². The Balaban J connectivity index is 1.49. The molecule has 0 bridgehead atoms. The molecule has 1 N–H and O–H groups in total. The molecule has 0 radical (unpaired) electrons. The van der Waals surface area contributed by atoms with Crippen LogP contribution in [0.3, 0.4) is 0 Å². The molecule has 0 saturated heterocycles. The Morgan fingerprint density at radius 1 is 1.00 bits per heavy atom. The molecule has 3 aromatic rings. The van der Waals surface area contributed by atoms with Gasteiger partial charge in [0.2, 0.25) is 5.91 Å². The molecule has 33 heavy (non-hydrogen) atoms. The first-order valence-corrected chi connectivity index (χ1v) is 10.7. The van der Waals surface area contributed by atoms with Gasteiger partial charge in [-0.05, 0) is 44.4 Å². The summed E-state index contributed by atoms with van der Waals surface area (Å²) in [5.74, 6) is -0.277. The molecule has 0 saturated carbocycles. The van der Waals surface area contributed by atoms with Gasteiger partial charge in [-0.25, -0.2) is 9.67 Å². The van der Waals surface area contributed by atoms with Crippen LogP contribution in [0, 0.1) is 13.8 Å². The molecular formula is C26H25N5O2. The van der Waals surface area contributed by atoms with Crippen LogP contribution >= 0.6 is 0 Å². The minimum absolute atomic E-state index is 0.0831. The van der Waals surface area contributed by atoms with Crippen LogP contribution in [0.5, 0.6) is 0 Å². The van der Waals surface area contributed by atoms with Gasteiger partial charge in [0.25, 0.3) is 11.9 Å². The first kappa shape index (κ1) is 22.1. The normalized spacial score (nSPS) is 13.5. The zero-order valence-corrected chi connectivity index (χ0v) is 18.9. The number of amides is 2. The molecule has 2 amide bonds. The van der Waals surface area contributed by atoms with Crippen molar-refractivity contribution in [1.29, 1.82) is 0 Å². The van der Waals surface area contributed by atoms with E-state index in [9.17, 15) is 9.59 Å². The Hall–Kier alpha value is -4.13. The molecule has 2 heterocycles. The third kappa shape index (κ3) is 4.57. The summed E-state index contributed by atoms with van der Waals surface area (Å²) in [6.45, 7) is 9.18. The van der Waals surface area contributed by atoms with Crippen LogP contribution in [0.1, 0.15) is 30.3 Å². The van der Waals surface area contributed by atoms with Gasteiger partial charge in [-0.3, -0.25) is 9.59 Å². The van der Waals surface area contributed by atoms with Crippen molar-refractivity contribution >= 4 is 29.2 Å². The minimum atomic E-state index is -0.414. The first-order valence-electron chi connectivity index (χ1n) is 10.7. The summed E-state index contributed by atoms with van der Waals surface area (Å²) >= 11 is 0. The van der Waals surface area contributed by atoms with Crippen LogP contribution in [0.4, 0.5) is 5.69 Å². The van der Waals surface area contributed by atoms with E-state index in [0.717, 1.165) is 33.8 Å². The zero-order valence-electron chi connectivity index (χ0n) is 18.9. The standard InChI is InChI=1S/C26H25N5O2/c1-16-17(2)27-26(29-25(16)33)31-19(4)21(18(3)30-31)14-15-24(32)28-23-13-9-8-12-22(23)20-10-6-5-7-11-20/h5-13H,1,14-15H2,2-4H3,(H,28,32). The molecule has 1 aliphatic rings. The summed E-state index contributed by atoms with van der Waals surface area (Å²) in [5.41, 5.74) is 6.12. The van der Waals surface area contributed by atoms with Gasteiger partial charge in [0.15, 0.2) is 0 Å². The van der Waals surface area contributed by atoms with Crippen molar-refractivity contribution in [1.82, 2.24) is 9.78 Å². The summed E-state index contributed by atoms with van der Waals surface area (Å²) in [5, 5.41) is 7.55. The van der Waals surface area contributed by atoms with Gasteiger partial charge in [-0.2, -0.15) is 10.1 Å². The second kappa shape index (κ2) is 9.16. The molecule has 0 unspecified atom stereocenters. The maximum atomic E-state index is 12.8. The maximum absolute atomic E-state index is 12.8. The quantitative estimate of drug-likeness (QED) is 0.594. The largest absolute Gasteiger partial charge is 0.326 e. The lowest BCUT2D eigenvalue weighted by molar-refractivity contribution is -0.116. The Kier molecular flexibility index (Phi) is 6.13. The van der Waals surface area contributed by atoms with Crippen molar-refractivity contribution in [3.05, 3.63) is 83.7 Å². The van der Waals surface area contributed by atoms with Crippen molar-refractivity contribution in [3.63, 3.8) is 0 Å². The molecule has 1 aromatic heterocycles.